The Morgan fingerprint density at radius 3 is 2.85 bits per heavy atom. The van der Waals surface area contributed by atoms with Crippen LogP contribution in [0.5, 0.6) is 0 Å². The van der Waals surface area contributed by atoms with Gasteiger partial charge in [0.1, 0.15) is 23.6 Å². The number of rotatable bonds is 1. The zero-order chi connectivity index (χ0) is 19.8. The number of nitrogens with one attached hydrogen (secondary N) is 1. The zero-order valence-corrected chi connectivity index (χ0v) is 15.7. The van der Waals surface area contributed by atoms with Gasteiger partial charge in [0.25, 0.3) is 0 Å². The highest BCUT2D eigenvalue weighted by Crippen LogP contribution is 2.33. The molecule has 1 atom stereocenters. The Hall–Kier alpha value is -3.03. The predicted molar refractivity (Wildman–Crippen MR) is 99.8 cm³/mol. The van der Waals surface area contributed by atoms with Crippen molar-refractivity contribution in [3.05, 3.63) is 53.4 Å². The van der Waals surface area contributed by atoms with Gasteiger partial charge in [-0.25, -0.2) is 19.2 Å². The lowest BCUT2D eigenvalue weighted by Gasteiger charge is -2.37. The summed E-state index contributed by atoms with van der Waals surface area (Å²) in [5, 5.41) is 3.16. The number of nitrogens with zero attached hydrogens (tertiary/aromatic N) is 3. The SMILES string of the molecule is CC(C)(C)OC(=O)N=C1N[C@](C)(c2cc(N)ccc2F)Cc2ncncc21. The summed E-state index contributed by atoms with van der Waals surface area (Å²) in [6.07, 6.45) is 2.59. The molecule has 0 fully saturated rings. The monoisotopic (exact) mass is 371 g/mol. The number of halogens is 1. The number of carbonyl (C=O) groups is 1. The molecule has 27 heavy (non-hydrogen) atoms. The van der Waals surface area contributed by atoms with Crippen LogP contribution in [0.3, 0.4) is 0 Å². The van der Waals surface area contributed by atoms with Crippen LogP contribution in [0.15, 0.2) is 35.7 Å². The van der Waals surface area contributed by atoms with E-state index in [1.807, 2.05) is 0 Å². The molecule has 2 aromatic rings. The summed E-state index contributed by atoms with van der Waals surface area (Å²) >= 11 is 0. The Balaban J connectivity index is 2.07. The number of ether oxygens (including phenoxy) is 1. The van der Waals surface area contributed by atoms with Crippen LogP contribution in [0.2, 0.25) is 0 Å². The van der Waals surface area contributed by atoms with Crippen LogP contribution in [-0.2, 0) is 16.7 Å². The normalized spacial score (nSPS) is 20.7. The summed E-state index contributed by atoms with van der Waals surface area (Å²) in [6.45, 7) is 7.06. The van der Waals surface area contributed by atoms with Gasteiger partial charge in [-0.15, -0.1) is 0 Å². The van der Waals surface area contributed by atoms with Gasteiger partial charge in [-0.2, -0.15) is 4.99 Å². The first kappa shape index (κ1) is 18.8. The van der Waals surface area contributed by atoms with Crippen molar-refractivity contribution >= 4 is 17.6 Å². The number of hydrogen-bond donors (Lipinski definition) is 2. The first-order chi connectivity index (χ1) is 12.6. The fourth-order valence-corrected chi connectivity index (χ4v) is 2.99. The Morgan fingerprint density at radius 1 is 1.41 bits per heavy atom. The first-order valence-electron chi connectivity index (χ1n) is 8.52. The third-order valence-corrected chi connectivity index (χ3v) is 4.15. The third-order valence-electron chi connectivity index (χ3n) is 4.15. The van der Waals surface area contributed by atoms with E-state index >= 15 is 0 Å². The van der Waals surface area contributed by atoms with Crippen LogP contribution in [0.4, 0.5) is 14.9 Å². The zero-order valence-electron chi connectivity index (χ0n) is 15.7. The van der Waals surface area contributed by atoms with E-state index in [2.05, 4.69) is 20.3 Å². The van der Waals surface area contributed by atoms with Gasteiger partial charge in [-0.3, -0.25) is 0 Å². The van der Waals surface area contributed by atoms with Gasteiger partial charge in [-0.1, -0.05) is 0 Å². The van der Waals surface area contributed by atoms with E-state index in [1.54, 1.807) is 40.0 Å². The molecule has 142 valence electrons. The fourth-order valence-electron chi connectivity index (χ4n) is 2.99. The lowest BCUT2D eigenvalue weighted by atomic mass is 9.82. The number of nitrogen functional groups attached to an aromatic ring is 1. The van der Waals surface area contributed by atoms with Crippen molar-refractivity contribution in [1.29, 1.82) is 0 Å². The van der Waals surface area contributed by atoms with E-state index in [9.17, 15) is 9.18 Å². The molecule has 1 amide bonds. The van der Waals surface area contributed by atoms with E-state index in [-0.39, 0.29) is 5.84 Å². The Kier molecular flexibility index (Phi) is 4.59. The number of carbonyl (C=O) groups excluding carboxylic acids is 1. The van der Waals surface area contributed by atoms with Crippen molar-refractivity contribution < 1.29 is 13.9 Å². The second kappa shape index (κ2) is 6.61. The van der Waals surface area contributed by atoms with E-state index in [0.717, 1.165) is 0 Å². The second-order valence-corrected chi connectivity index (χ2v) is 7.70. The molecule has 3 rings (SSSR count). The molecular weight excluding hydrogens is 349 g/mol. The van der Waals surface area contributed by atoms with Crippen molar-refractivity contribution in [3.63, 3.8) is 0 Å². The van der Waals surface area contributed by atoms with Gasteiger partial charge in [0.15, 0.2) is 0 Å². The largest absolute Gasteiger partial charge is 0.442 e. The van der Waals surface area contributed by atoms with Crippen molar-refractivity contribution in [2.45, 2.75) is 45.3 Å². The summed E-state index contributed by atoms with van der Waals surface area (Å²) < 4.78 is 19.8. The lowest BCUT2D eigenvalue weighted by molar-refractivity contribution is 0.0603. The van der Waals surface area contributed by atoms with E-state index in [4.69, 9.17) is 10.5 Å². The van der Waals surface area contributed by atoms with E-state index in [1.165, 1.54) is 18.5 Å². The minimum atomic E-state index is -0.901. The maximum Gasteiger partial charge on any atom is 0.436 e. The molecular formula is C19H22FN5O2. The number of aromatic nitrogens is 2. The molecule has 1 aromatic heterocycles. The number of amides is 1. The minimum absolute atomic E-state index is 0.232. The average molecular weight is 371 g/mol. The third kappa shape index (κ3) is 4.05. The predicted octanol–water partition coefficient (Wildman–Crippen LogP) is 2.94. The molecule has 0 bridgehead atoms. The van der Waals surface area contributed by atoms with Crippen LogP contribution in [0, 0.1) is 5.82 Å². The van der Waals surface area contributed by atoms with Crippen LogP contribution in [0.25, 0.3) is 0 Å². The number of nitrogens with two attached hydrogens (primary N) is 1. The van der Waals surface area contributed by atoms with Gasteiger partial charge < -0.3 is 15.8 Å². The smallest absolute Gasteiger partial charge is 0.436 e. The molecule has 0 saturated carbocycles. The van der Waals surface area contributed by atoms with E-state index in [0.29, 0.717) is 28.9 Å². The summed E-state index contributed by atoms with van der Waals surface area (Å²) in [7, 11) is 0. The van der Waals surface area contributed by atoms with Crippen molar-refractivity contribution in [1.82, 2.24) is 15.3 Å². The van der Waals surface area contributed by atoms with Crippen LogP contribution in [-0.4, -0.2) is 27.5 Å². The number of fused-ring (bicyclic) bond motifs is 1. The van der Waals surface area contributed by atoms with Gasteiger partial charge in [-0.05, 0) is 45.9 Å². The number of amidine groups is 1. The molecule has 1 aromatic carbocycles. The van der Waals surface area contributed by atoms with Gasteiger partial charge in [0, 0.05) is 23.9 Å². The molecule has 0 saturated heterocycles. The molecule has 0 spiro atoms. The van der Waals surface area contributed by atoms with Crippen molar-refractivity contribution in [2.75, 3.05) is 5.73 Å². The highest BCUT2D eigenvalue weighted by molar-refractivity contribution is 6.05. The first-order valence-corrected chi connectivity index (χ1v) is 8.52. The Bertz CT molecular complexity index is 923. The van der Waals surface area contributed by atoms with Crippen LogP contribution < -0.4 is 11.1 Å². The molecule has 3 N–H and O–H groups in total. The van der Waals surface area contributed by atoms with Gasteiger partial charge in [0.05, 0.1) is 16.8 Å². The number of aliphatic imine (C=N–C) groups is 1. The van der Waals surface area contributed by atoms with Crippen molar-refractivity contribution in [2.24, 2.45) is 4.99 Å². The second-order valence-electron chi connectivity index (χ2n) is 7.70. The lowest BCUT2D eigenvalue weighted by Crippen LogP contribution is -2.50. The summed E-state index contributed by atoms with van der Waals surface area (Å²) in [5.41, 5.74) is 6.29. The molecule has 8 heteroatoms. The Labute approximate surface area is 156 Å². The standard InChI is InChI=1S/C19H22FN5O2/c1-18(2,3)27-17(26)24-16-12-9-22-10-23-15(12)8-19(4,25-16)13-7-11(21)5-6-14(13)20/h5-7,9-10H,8,21H2,1-4H3,(H,24,25,26)/t19-/m0/s1. The number of hydrogen-bond acceptors (Lipinski definition) is 5. The van der Waals surface area contributed by atoms with Crippen LogP contribution in [0.1, 0.15) is 44.5 Å². The highest BCUT2D eigenvalue weighted by atomic mass is 19.1. The van der Waals surface area contributed by atoms with Gasteiger partial charge in [0.2, 0.25) is 0 Å². The van der Waals surface area contributed by atoms with Crippen LogP contribution >= 0.6 is 0 Å². The molecule has 1 aliphatic heterocycles. The maximum atomic E-state index is 14.5. The molecule has 7 nitrogen and oxygen atoms in total. The number of benzene rings is 1. The minimum Gasteiger partial charge on any atom is -0.442 e. The number of anilines is 1. The molecule has 1 aliphatic rings. The van der Waals surface area contributed by atoms with Crippen molar-refractivity contribution in [3.8, 4) is 0 Å². The Morgan fingerprint density at radius 2 is 2.15 bits per heavy atom. The summed E-state index contributed by atoms with van der Waals surface area (Å²) in [6, 6.07) is 4.38. The summed E-state index contributed by atoms with van der Waals surface area (Å²) in [5.74, 6) is -0.177. The fraction of sp³-hybridized carbons (Fsp3) is 0.368. The van der Waals surface area contributed by atoms with E-state index < -0.39 is 23.1 Å². The molecule has 0 unspecified atom stereocenters. The molecule has 0 aliphatic carbocycles. The summed E-state index contributed by atoms with van der Waals surface area (Å²) in [4.78, 5) is 24.6. The molecule has 2 heterocycles. The van der Waals surface area contributed by atoms with Gasteiger partial charge >= 0.3 is 6.09 Å². The quantitative estimate of drug-likeness (QED) is 0.747. The molecule has 0 radical (unpaired) electrons. The topological polar surface area (TPSA) is 102 Å². The maximum absolute atomic E-state index is 14.5. The highest BCUT2D eigenvalue weighted by Gasteiger charge is 2.38. The average Bonchev–Trinajstić information content (AvgIpc) is 2.55.